The fourth-order valence-corrected chi connectivity index (χ4v) is 3.71. The Morgan fingerprint density at radius 1 is 0.893 bits per heavy atom. The van der Waals surface area contributed by atoms with Gasteiger partial charge in [0, 0.05) is 21.4 Å². The van der Waals surface area contributed by atoms with Crippen molar-refractivity contribution >= 4 is 35.0 Å². The summed E-state index contributed by atoms with van der Waals surface area (Å²) in [5.41, 5.74) is 0.572. The van der Waals surface area contributed by atoms with Crippen LogP contribution in [0.3, 0.4) is 0 Å². The number of benzene rings is 3. The number of amides is 2. The van der Waals surface area contributed by atoms with Gasteiger partial charge in [0.2, 0.25) is 0 Å². The number of carbonyl (C=O) groups is 2. The zero-order valence-electron chi connectivity index (χ0n) is 14.1. The number of carbonyl (C=O) groups excluding carboxylic acids is 2. The van der Waals surface area contributed by atoms with E-state index < -0.39 is 29.3 Å². The van der Waals surface area contributed by atoms with Crippen LogP contribution in [0.1, 0.15) is 20.7 Å². The van der Waals surface area contributed by atoms with Crippen LogP contribution < -0.4 is 10.6 Å². The van der Waals surface area contributed by atoms with E-state index in [1.54, 1.807) is 6.07 Å². The minimum Gasteiger partial charge on any atom is -0.321 e. The van der Waals surface area contributed by atoms with E-state index in [9.17, 15) is 22.8 Å². The largest absolute Gasteiger partial charge is 0.321 e. The first-order valence-corrected chi connectivity index (χ1v) is 8.91. The maximum atomic E-state index is 13.7. The molecule has 0 bridgehead atoms. The average Bonchev–Trinajstić information content (AvgIpc) is 2.79. The van der Waals surface area contributed by atoms with E-state index in [-0.39, 0.29) is 16.8 Å². The maximum absolute atomic E-state index is 13.7. The normalized spacial score (nSPS) is 12.5. The van der Waals surface area contributed by atoms with Crippen molar-refractivity contribution < 1.29 is 22.8 Å². The minimum absolute atomic E-state index is 0.164. The van der Waals surface area contributed by atoms with E-state index in [4.69, 9.17) is 0 Å². The zero-order chi connectivity index (χ0) is 19.8. The molecule has 0 saturated heterocycles. The number of hydrogen-bond donors (Lipinski definition) is 2. The smallest absolute Gasteiger partial charge is 0.256 e. The van der Waals surface area contributed by atoms with Crippen molar-refractivity contribution in [2.75, 3.05) is 10.6 Å². The summed E-state index contributed by atoms with van der Waals surface area (Å²) in [7, 11) is 0. The van der Waals surface area contributed by atoms with Crippen LogP contribution in [0.4, 0.5) is 24.5 Å². The second kappa shape index (κ2) is 7.05. The van der Waals surface area contributed by atoms with Crippen LogP contribution in [0.15, 0.2) is 64.4 Å². The van der Waals surface area contributed by atoms with Gasteiger partial charge in [-0.2, -0.15) is 0 Å². The van der Waals surface area contributed by atoms with Gasteiger partial charge in [0.05, 0.1) is 16.9 Å². The first-order valence-electron chi connectivity index (χ1n) is 8.10. The highest BCUT2D eigenvalue weighted by Crippen LogP contribution is 2.39. The lowest BCUT2D eigenvalue weighted by Gasteiger charge is -2.10. The Bertz CT molecular complexity index is 1130. The standard InChI is InChI=1S/C20H11F3N2O2S/c21-11-3-6-17-13(8-11)20(27)25-16-7-10(1-5-18(16)28-17)19(26)24-15-4-2-12(22)9-14(15)23/h1-9H,(H,24,26)(H,25,27). The highest BCUT2D eigenvalue weighted by atomic mass is 32.2. The van der Waals surface area contributed by atoms with Crippen LogP contribution in [0.25, 0.3) is 0 Å². The van der Waals surface area contributed by atoms with Gasteiger partial charge in [0.15, 0.2) is 0 Å². The summed E-state index contributed by atoms with van der Waals surface area (Å²) in [6, 6.07) is 11.3. The quantitative estimate of drug-likeness (QED) is 0.631. The molecule has 3 aromatic rings. The number of hydrogen-bond acceptors (Lipinski definition) is 3. The van der Waals surface area contributed by atoms with Gasteiger partial charge in [-0.05, 0) is 48.5 Å². The molecule has 2 N–H and O–H groups in total. The monoisotopic (exact) mass is 400 g/mol. The number of nitrogens with one attached hydrogen (secondary N) is 2. The Hall–Kier alpha value is -3.26. The number of rotatable bonds is 2. The number of fused-ring (bicyclic) bond motifs is 2. The van der Waals surface area contributed by atoms with Crippen LogP contribution in [-0.4, -0.2) is 11.8 Å². The van der Waals surface area contributed by atoms with Crippen LogP contribution in [0.5, 0.6) is 0 Å². The van der Waals surface area contributed by atoms with Crippen LogP contribution in [0.2, 0.25) is 0 Å². The van der Waals surface area contributed by atoms with Gasteiger partial charge in [0.25, 0.3) is 11.8 Å². The summed E-state index contributed by atoms with van der Waals surface area (Å²) in [5, 5.41) is 5.02. The molecule has 0 saturated carbocycles. The summed E-state index contributed by atoms with van der Waals surface area (Å²) in [6.07, 6.45) is 0. The molecule has 0 aromatic heterocycles. The summed E-state index contributed by atoms with van der Waals surface area (Å²) in [5.74, 6) is -3.30. The predicted octanol–water partition coefficient (Wildman–Crippen LogP) is 5.07. The van der Waals surface area contributed by atoms with E-state index in [1.165, 1.54) is 36.0 Å². The molecule has 0 fully saturated rings. The zero-order valence-corrected chi connectivity index (χ0v) is 14.9. The molecule has 1 aliphatic heterocycles. The number of anilines is 2. The molecule has 1 heterocycles. The van der Waals surface area contributed by atoms with E-state index in [2.05, 4.69) is 10.6 Å². The lowest BCUT2D eigenvalue weighted by molar-refractivity contribution is 0.101. The van der Waals surface area contributed by atoms with Gasteiger partial charge in [-0.1, -0.05) is 11.8 Å². The Labute approximate surface area is 161 Å². The SMILES string of the molecule is O=C(Nc1ccc(F)cc1F)c1ccc2c(c1)NC(=O)c1cc(F)ccc1S2. The van der Waals surface area contributed by atoms with Gasteiger partial charge in [-0.3, -0.25) is 9.59 Å². The topological polar surface area (TPSA) is 58.2 Å². The second-order valence-corrected chi connectivity index (χ2v) is 7.07. The van der Waals surface area contributed by atoms with Crippen molar-refractivity contribution in [2.24, 2.45) is 0 Å². The van der Waals surface area contributed by atoms with Crippen LogP contribution >= 0.6 is 11.8 Å². The molecule has 140 valence electrons. The molecule has 4 rings (SSSR count). The molecule has 4 nitrogen and oxygen atoms in total. The van der Waals surface area contributed by atoms with Crippen molar-refractivity contribution in [3.63, 3.8) is 0 Å². The Morgan fingerprint density at radius 2 is 1.61 bits per heavy atom. The molecular formula is C20H11F3N2O2S. The van der Waals surface area contributed by atoms with Gasteiger partial charge in [-0.25, -0.2) is 13.2 Å². The van der Waals surface area contributed by atoms with Crippen LogP contribution in [0, 0.1) is 17.5 Å². The minimum atomic E-state index is -0.899. The highest BCUT2D eigenvalue weighted by Gasteiger charge is 2.22. The Balaban J connectivity index is 1.63. The molecule has 2 amide bonds. The Kier molecular flexibility index (Phi) is 4.56. The maximum Gasteiger partial charge on any atom is 0.256 e. The third-order valence-electron chi connectivity index (χ3n) is 4.08. The third kappa shape index (κ3) is 3.46. The van der Waals surface area contributed by atoms with E-state index in [1.807, 2.05) is 0 Å². The van der Waals surface area contributed by atoms with Crippen molar-refractivity contribution in [2.45, 2.75) is 9.79 Å². The lowest BCUT2D eigenvalue weighted by Crippen LogP contribution is -2.15. The molecule has 0 spiro atoms. The lowest BCUT2D eigenvalue weighted by atomic mass is 10.1. The predicted molar refractivity (Wildman–Crippen MR) is 99.2 cm³/mol. The molecule has 0 aliphatic carbocycles. The summed E-state index contributed by atoms with van der Waals surface area (Å²) in [6.45, 7) is 0. The van der Waals surface area contributed by atoms with E-state index >= 15 is 0 Å². The fraction of sp³-hybridized carbons (Fsp3) is 0. The summed E-state index contributed by atoms with van der Waals surface area (Å²) in [4.78, 5) is 26.1. The fourth-order valence-electron chi connectivity index (χ4n) is 2.72. The highest BCUT2D eigenvalue weighted by molar-refractivity contribution is 7.99. The molecule has 0 radical (unpaired) electrons. The van der Waals surface area contributed by atoms with Crippen molar-refractivity contribution in [1.29, 1.82) is 0 Å². The average molecular weight is 400 g/mol. The van der Waals surface area contributed by atoms with Crippen molar-refractivity contribution in [1.82, 2.24) is 0 Å². The molecule has 3 aromatic carbocycles. The van der Waals surface area contributed by atoms with Gasteiger partial charge < -0.3 is 10.6 Å². The third-order valence-corrected chi connectivity index (χ3v) is 5.23. The van der Waals surface area contributed by atoms with Crippen LogP contribution in [-0.2, 0) is 0 Å². The summed E-state index contributed by atoms with van der Waals surface area (Å²) >= 11 is 1.26. The molecule has 0 atom stereocenters. The van der Waals surface area contributed by atoms with Gasteiger partial charge in [0.1, 0.15) is 17.5 Å². The Morgan fingerprint density at radius 3 is 2.39 bits per heavy atom. The van der Waals surface area contributed by atoms with Crippen molar-refractivity contribution in [3.8, 4) is 0 Å². The van der Waals surface area contributed by atoms with Gasteiger partial charge in [-0.15, -0.1) is 0 Å². The number of halogens is 3. The van der Waals surface area contributed by atoms with Crippen molar-refractivity contribution in [3.05, 3.63) is 83.2 Å². The molecule has 1 aliphatic rings. The molecule has 8 heteroatoms. The molecule has 0 unspecified atom stereocenters. The van der Waals surface area contributed by atoms with E-state index in [0.29, 0.717) is 21.5 Å². The molecular weight excluding hydrogens is 389 g/mol. The molecule has 28 heavy (non-hydrogen) atoms. The first kappa shape index (κ1) is 18.1. The van der Waals surface area contributed by atoms with E-state index in [0.717, 1.165) is 18.2 Å². The second-order valence-electron chi connectivity index (χ2n) is 5.99. The first-order chi connectivity index (χ1) is 13.4. The summed E-state index contributed by atoms with van der Waals surface area (Å²) < 4.78 is 40.2. The van der Waals surface area contributed by atoms with Gasteiger partial charge >= 0.3 is 0 Å².